The van der Waals surface area contributed by atoms with Crippen LogP contribution in [0.3, 0.4) is 0 Å². The van der Waals surface area contributed by atoms with E-state index in [4.69, 9.17) is 5.26 Å². The summed E-state index contributed by atoms with van der Waals surface area (Å²) in [4.78, 5) is 4.11. The standard InChI is InChI=1S/C14H13N3/c1-2-17-14-12(8-15)9-16-10-13(14)11-6-4-3-5-7-11/h3-7,9-10H,2H2,1H3,(H,16,17). The van der Waals surface area contributed by atoms with Gasteiger partial charge < -0.3 is 5.32 Å². The molecule has 0 saturated heterocycles. The number of benzene rings is 1. The van der Waals surface area contributed by atoms with Crippen LogP contribution in [0.15, 0.2) is 42.7 Å². The molecule has 1 heterocycles. The third-order valence-corrected chi connectivity index (χ3v) is 2.50. The first-order chi connectivity index (χ1) is 8.36. The lowest BCUT2D eigenvalue weighted by Crippen LogP contribution is -2.02. The smallest absolute Gasteiger partial charge is 0.103 e. The van der Waals surface area contributed by atoms with E-state index in [1.807, 2.05) is 37.3 Å². The lowest BCUT2D eigenvalue weighted by Gasteiger charge is -2.11. The molecule has 1 aromatic carbocycles. The SMILES string of the molecule is CCNc1c(C#N)cncc1-c1ccccc1. The highest BCUT2D eigenvalue weighted by atomic mass is 14.9. The highest BCUT2D eigenvalue weighted by Crippen LogP contribution is 2.29. The van der Waals surface area contributed by atoms with Gasteiger partial charge in [0.1, 0.15) is 6.07 Å². The molecule has 2 aromatic rings. The quantitative estimate of drug-likeness (QED) is 0.870. The van der Waals surface area contributed by atoms with Crippen molar-refractivity contribution in [2.75, 3.05) is 11.9 Å². The molecular formula is C14H13N3. The summed E-state index contributed by atoms with van der Waals surface area (Å²) < 4.78 is 0. The number of anilines is 1. The molecule has 0 fully saturated rings. The number of rotatable bonds is 3. The number of nitriles is 1. The maximum Gasteiger partial charge on any atom is 0.103 e. The predicted molar refractivity (Wildman–Crippen MR) is 68.6 cm³/mol. The Labute approximate surface area is 101 Å². The average molecular weight is 223 g/mol. The van der Waals surface area contributed by atoms with Gasteiger partial charge in [-0.05, 0) is 12.5 Å². The van der Waals surface area contributed by atoms with Gasteiger partial charge in [0.15, 0.2) is 0 Å². The molecule has 0 saturated carbocycles. The summed E-state index contributed by atoms with van der Waals surface area (Å²) in [6, 6.07) is 12.1. The topological polar surface area (TPSA) is 48.7 Å². The van der Waals surface area contributed by atoms with E-state index in [1.165, 1.54) is 0 Å². The fourth-order valence-electron chi connectivity index (χ4n) is 1.75. The Balaban J connectivity index is 2.58. The monoisotopic (exact) mass is 223 g/mol. The first-order valence-corrected chi connectivity index (χ1v) is 5.54. The van der Waals surface area contributed by atoms with E-state index in [9.17, 15) is 0 Å². The van der Waals surface area contributed by atoms with E-state index in [1.54, 1.807) is 12.4 Å². The third-order valence-electron chi connectivity index (χ3n) is 2.50. The maximum absolute atomic E-state index is 9.09. The van der Waals surface area contributed by atoms with Gasteiger partial charge in [-0.3, -0.25) is 4.98 Å². The fourth-order valence-corrected chi connectivity index (χ4v) is 1.75. The minimum Gasteiger partial charge on any atom is -0.384 e. The molecule has 0 atom stereocenters. The van der Waals surface area contributed by atoms with Crippen LogP contribution in [-0.4, -0.2) is 11.5 Å². The van der Waals surface area contributed by atoms with Crippen LogP contribution < -0.4 is 5.32 Å². The molecule has 1 N–H and O–H groups in total. The molecular weight excluding hydrogens is 210 g/mol. The van der Waals surface area contributed by atoms with Gasteiger partial charge in [0.25, 0.3) is 0 Å². The van der Waals surface area contributed by atoms with Gasteiger partial charge in [-0.15, -0.1) is 0 Å². The van der Waals surface area contributed by atoms with E-state index in [0.29, 0.717) is 5.56 Å². The molecule has 0 unspecified atom stereocenters. The molecule has 1 aromatic heterocycles. The van der Waals surface area contributed by atoms with Crippen LogP contribution in [0.25, 0.3) is 11.1 Å². The van der Waals surface area contributed by atoms with E-state index in [0.717, 1.165) is 23.4 Å². The Hall–Kier alpha value is -2.34. The van der Waals surface area contributed by atoms with E-state index in [2.05, 4.69) is 16.4 Å². The van der Waals surface area contributed by atoms with Crippen molar-refractivity contribution in [2.24, 2.45) is 0 Å². The highest BCUT2D eigenvalue weighted by molar-refractivity contribution is 5.80. The first-order valence-electron chi connectivity index (χ1n) is 5.54. The zero-order valence-corrected chi connectivity index (χ0v) is 9.64. The molecule has 2 rings (SSSR count). The summed E-state index contributed by atoms with van der Waals surface area (Å²) in [5, 5.41) is 12.3. The molecule has 0 aliphatic heterocycles. The molecule has 17 heavy (non-hydrogen) atoms. The van der Waals surface area contributed by atoms with Crippen LogP contribution in [0, 0.1) is 11.3 Å². The van der Waals surface area contributed by atoms with Crippen molar-refractivity contribution in [3.05, 3.63) is 48.3 Å². The van der Waals surface area contributed by atoms with Crippen LogP contribution in [0.5, 0.6) is 0 Å². The van der Waals surface area contributed by atoms with Crippen molar-refractivity contribution in [1.82, 2.24) is 4.98 Å². The van der Waals surface area contributed by atoms with Crippen LogP contribution >= 0.6 is 0 Å². The predicted octanol–water partition coefficient (Wildman–Crippen LogP) is 3.05. The summed E-state index contributed by atoms with van der Waals surface area (Å²) in [5.41, 5.74) is 3.46. The lowest BCUT2D eigenvalue weighted by molar-refractivity contribution is 1.19. The van der Waals surface area contributed by atoms with Gasteiger partial charge in [-0.1, -0.05) is 30.3 Å². The highest BCUT2D eigenvalue weighted by Gasteiger charge is 2.09. The minimum atomic E-state index is 0.577. The molecule has 3 nitrogen and oxygen atoms in total. The van der Waals surface area contributed by atoms with Gasteiger partial charge in [0.2, 0.25) is 0 Å². The van der Waals surface area contributed by atoms with Gasteiger partial charge in [-0.2, -0.15) is 5.26 Å². The van der Waals surface area contributed by atoms with Crippen LogP contribution in [0.1, 0.15) is 12.5 Å². The van der Waals surface area contributed by atoms with Gasteiger partial charge in [-0.25, -0.2) is 0 Å². The minimum absolute atomic E-state index is 0.577. The van der Waals surface area contributed by atoms with Gasteiger partial charge in [0.05, 0.1) is 11.3 Å². The van der Waals surface area contributed by atoms with Gasteiger partial charge in [0, 0.05) is 24.5 Å². The molecule has 0 spiro atoms. The fraction of sp³-hybridized carbons (Fsp3) is 0.143. The van der Waals surface area contributed by atoms with Gasteiger partial charge >= 0.3 is 0 Å². The Morgan fingerprint density at radius 2 is 2.00 bits per heavy atom. The number of hydrogen-bond donors (Lipinski definition) is 1. The molecule has 0 bridgehead atoms. The molecule has 84 valence electrons. The number of nitrogens with one attached hydrogen (secondary N) is 1. The zero-order chi connectivity index (χ0) is 12.1. The van der Waals surface area contributed by atoms with Crippen molar-refractivity contribution in [2.45, 2.75) is 6.92 Å². The summed E-state index contributed by atoms with van der Waals surface area (Å²) in [7, 11) is 0. The number of aromatic nitrogens is 1. The molecule has 0 radical (unpaired) electrons. The van der Waals surface area contributed by atoms with Crippen molar-refractivity contribution in [3.8, 4) is 17.2 Å². The van der Waals surface area contributed by atoms with E-state index >= 15 is 0 Å². The van der Waals surface area contributed by atoms with Crippen molar-refractivity contribution in [3.63, 3.8) is 0 Å². The van der Waals surface area contributed by atoms with Crippen molar-refractivity contribution < 1.29 is 0 Å². The molecule has 0 amide bonds. The Kier molecular flexibility index (Phi) is 3.37. The van der Waals surface area contributed by atoms with Crippen molar-refractivity contribution >= 4 is 5.69 Å². The second-order valence-electron chi connectivity index (χ2n) is 3.62. The molecule has 0 aliphatic rings. The third kappa shape index (κ3) is 2.26. The second kappa shape index (κ2) is 5.13. The van der Waals surface area contributed by atoms with Crippen LogP contribution in [0.4, 0.5) is 5.69 Å². The largest absolute Gasteiger partial charge is 0.384 e. The number of hydrogen-bond acceptors (Lipinski definition) is 3. The average Bonchev–Trinajstić information content (AvgIpc) is 2.40. The normalized spacial score (nSPS) is 9.65. The lowest BCUT2D eigenvalue weighted by atomic mass is 10.0. The zero-order valence-electron chi connectivity index (χ0n) is 9.64. The Morgan fingerprint density at radius 1 is 1.24 bits per heavy atom. The maximum atomic E-state index is 9.09. The second-order valence-corrected chi connectivity index (χ2v) is 3.62. The number of nitrogens with zero attached hydrogens (tertiary/aromatic N) is 2. The summed E-state index contributed by atoms with van der Waals surface area (Å²) in [6.07, 6.45) is 3.37. The molecule has 3 heteroatoms. The van der Waals surface area contributed by atoms with Crippen LogP contribution in [0.2, 0.25) is 0 Å². The first kappa shape index (κ1) is 11.2. The summed E-state index contributed by atoms with van der Waals surface area (Å²) in [6.45, 7) is 2.79. The Bertz CT molecular complexity index is 541. The molecule has 0 aliphatic carbocycles. The van der Waals surface area contributed by atoms with Crippen LogP contribution in [-0.2, 0) is 0 Å². The summed E-state index contributed by atoms with van der Waals surface area (Å²) in [5.74, 6) is 0. The van der Waals surface area contributed by atoms with E-state index < -0.39 is 0 Å². The number of pyridine rings is 1. The van der Waals surface area contributed by atoms with E-state index in [-0.39, 0.29) is 0 Å². The summed E-state index contributed by atoms with van der Waals surface area (Å²) >= 11 is 0. The Morgan fingerprint density at radius 3 is 2.65 bits per heavy atom. The van der Waals surface area contributed by atoms with Crippen molar-refractivity contribution in [1.29, 1.82) is 5.26 Å².